The van der Waals surface area contributed by atoms with E-state index in [9.17, 15) is 10.0 Å². The normalized spacial score (nSPS) is 10.0. The van der Waals surface area contributed by atoms with Crippen LogP contribution in [-0.2, 0) is 0 Å². The Balaban J connectivity index is 2.21. The third kappa shape index (κ3) is 3.35. The molecule has 110 valence electrons. The molecule has 0 aliphatic rings. The van der Waals surface area contributed by atoms with Gasteiger partial charge in [-0.15, -0.1) is 0 Å². The fourth-order valence-corrected chi connectivity index (χ4v) is 1.60. The first kappa shape index (κ1) is 14.5. The molecule has 6 N–H and O–H groups in total. The Morgan fingerprint density at radius 3 is 2.52 bits per heavy atom. The lowest BCUT2D eigenvalue weighted by Gasteiger charge is -2.11. The number of hydrogen-bond acceptors (Lipinski definition) is 8. The number of amides is 1. The minimum atomic E-state index is -0.756. The molecule has 0 unspecified atom stereocenters. The van der Waals surface area contributed by atoms with Crippen molar-refractivity contribution in [2.45, 2.75) is 0 Å². The van der Waals surface area contributed by atoms with Crippen molar-refractivity contribution in [2.24, 2.45) is 5.73 Å². The molecule has 2 aromatic rings. The topological polar surface area (TPSA) is 137 Å². The second-order valence-corrected chi connectivity index (χ2v) is 4.13. The number of nitrogens with zero attached hydrogens (tertiary/aromatic N) is 3. The number of hydrogen-bond donors (Lipinski definition) is 5. The smallest absolute Gasteiger partial charge is 0.254 e. The summed E-state index contributed by atoms with van der Waals surface area (Å²) < 4.78 is 0. The lowest BCUT2D eigenvalue weighted by atomic mass is 10.3. The molecule has 2 rings (SSSR count). The van der Waals surface area contributed by atoms with Crippen molar-refractivity contribution in [3.8, 4) is 0 Å². The summed E-state index contributed by atoms with van der Waals surface area (Å²) in [5.74, 6) is -0.679. The van der Waals surface area contributed by atoms with E-state index < -0.39 is 5.91 Å². The van der Waals surface area contributed by atoms with Crippen LogP contribution in [0.25, 0.3) is 0 Å². The molecule has 1 aromatic carbocycles. The standard InChI is InChI=1S/C12H14N6O3/c1-18(21)8-4-2-7(3-5-8)15-12-14-6-9(10(13)19)11(16-12)17-20/h2-6,20-21H,1H3,(H2,13,19)(H2,14,15,16,17). The van der Waals surface area contributed by atoms with E-state index in [2.05, 4.69) is 15.3 Å². The molecular formula is C12H14N6O3. The number of primary amides is 1. The monoisotopic (exact) mass is 290 g/mol. The third-order valence-corrected chi connectivity index (χ3v) is 2.66. The second kappa shape index (κ2) is 6.03. The van der Waals surface area contributed by atoms with Crippen LogP contribution in [0.15, 0.2) is 30.5 Å². The molecule has 0 aliphatic carbocycles. The van der Waals surface area contributed by atoms with Crippen LogP contribution in [0.1, 0.15) is 10.4 Å². The molecule has 0 fully saturated rings. The zero-order valence-corrected chi connectivity index (χ0v) is 11.1. The Hall–Kier alpha value is -2.91. The largest absolute Gasteiger partial charge is 0.365 e. The predicted molar refractivity (Wildman–Crippen MR) is 75.9 cm³/mol. The number of nitrogens with one attached hydrogen (secondary N) is 2. The maximum absolute atomic E-state index is 11.1. The van der Waals surface area contributed by atoms with Crippen LogP contribution in [0.5, 0.6) is 0 Å². The number of rotatable bonds is 5. The third-order valence-electron chi connectivity index (χ3n) is 2.66. The quantitative estimate of drug-likeness (QED) is 0.513. The molecule has 0 saturated heterocycles. The van der Waals surface area contributed by atoms with Crippen LogP contribution in [0.4, 0.5) is 23.1 Å². The van der Waals surface area contributed by atoms with Gasteiger partial charge in [0.25, 0.3) is 5.91 Å². The van der Waals surface area contributed by atoms with Gasteiger partial charge in [-0.3, -0.25) is 25.8 Å². The highest BCUT2D eigenvalue weighted by Crippen LogP contribution is 2.19. The van der Waals surface area contributed by atoms with Gasteiger partial charge in [0.1, 0.15) is 5.56 Å². The van der Waals surface area contributed by atoms with Gasteiger partial charge >= 0.3 is 0 Å². The number of carbonyl (C=O) groups is 1. The summed E-state index contributed by atoms with van der Waals surface area (Å²) in [7, 11) is 1.51. The maximum Gasteiger partial charge on any atom is 0.254 e. The highest BCUT2D eigenvalue weighted by atomic mass is 16.5. The van der Waals surface area contributed by atoms with Crippen LogP contribution in [0.2, 0.25) is 0 Å². The summed E-state index contributed by atoms with van der Waals surface area (Å²) in [6.45, 7) is 0. The Labute approximate surface area is 120 Å². The van der Waals surface area contributed by atoms with Gasteiger partial charge < -0.3 is 11.1 Å². The van der Waals surface area contributed by atoms with Gasteiger partial charge in [0, 0.05) is 18.9 Å². The first-order valence-electron chi connectivity index (χ1n) is 5.88. The maximum atomic E-state index is 11.1. The molecule has 0 spiro atoms. The number of hydroxylamine groups is 1. The average molecular weight is 290 g/mol. The molecule has 0 aliphatic heterocycles. The summed E-state index contributed by atoms with van der Waals surface area (Å²) in [6.07, 6.45) is 1.20. The molecular weight excluding hydrogens is 276 g/mol. The fourth-order valence-electron chi connectivity index (χ4n) is 1.60. The molecule has 9 nitrogen and oxygen atoms in total. The van der Waals surface area contributed by atoms with Crippen LogP contribution in [-0.4, -0.2) is 33.3 Å². The van der Waals surface area contributed by atoms with Crippen LogP contribution in [0.3, 0.4) is 0 Å². The van der Waals surface area contributed by atoms with E-state index in [1.807, 2.05) is 0 Å². The van der Waals surface area contributed by atoms with E-state index in [0.29, 0.717) is 11.4 Å². The van der Waals surface area contributed by atoms with Gasteiger partial charge in [-0.1, -0.05) is 0 Å². The molecule has 1 heterocycles. The van der Waals surface area contributed by atoms with Gasteiger partial charge in [-0.2, -0.15) is 4.98 Å². The van der Waals surface area contributed by atoms with Gasteiger partial charge in [-0.05, 0) is 24.3 Å². The SMILES string of the molecule is CN(O)c1ccc(Nc2ncc(C(N)=O)c(NO)n2)cc1. The first-order chi connectivity index (χ1) is 10.0. The van der Waals surface area contributed by atoms with Crippen molar-refractivity contribution >= 4 is 29.0 Å². The Morgan fingerprint density at radius 2 is 2.00 bits per heavy atom. The molecule has 0 atom stereocenters. The number of benzene rings is 1. The van der Waals surface area contributed by atoms with Crippen molar-refractivity contribution < 1.29 is 15.2 Å². The van der Waals surface area contributed by atoms with Crippen molar-refractivity contribution in [1.29, 1.82) is 0 Å². The minimum absolute atomic E-state index is 0.0275. The van der Waals surface area contributed by atoms with E-state index in [1.54, 1.807) is 29.7 Å². The average Bonchev–Trinajstić information content (AvgIpc) is 2.47. The Morgan fingerprint density at radius 1 is 1.33 bits per heavy atom. The number of nitrogens with two attached hydrogens (primary N) is 1. The van der Waals surface area contributed by atoms with E-state index in [0.717, 1.165) is 5.06 Å². The first-order valence-corrected chi connectivity index (χ1v) is 5.88. The zero-order chi connectivity index (χ0) is 15.4. The van der Waals surface area contributed by atoms with E-state index in [1.165, 1.54) is 13.2 Å². The highest BCUT2D eigenvalue weighted by molar-refractivity contribution is 5.97. The van der Waals surface area contributed by atoms with Gasteiger partial charge in [0.2, 0.25) is 5.95 Å². The second-order valence-electron chi connectivity index (χ2n) is 4.13. The van der Waals surface area contributed by atoms with Crippen molar-refractivity contribution in [3.63, 3.8) is 0 Å². The van der Waals surface area contributed by atoms with E-state index in [4.69, 9.17) is 10.9 Å². The van der Waals surface area contributed by atoms with Crippen LogP contribution >= 0.6 is 0 Å². The predicted octanol–water partition coefficient (Wildman–Crippen LogP) is 0.946. The summed E-state index contributed by atoms with van der Waals surface area (Å²) in [6, 6.07) is 6.79. The van der Waals surface area contributed by atoms with E-state index in [-0.39, 0.29) is 17.3 Å². The lowest BCUT2D eigenvalue weighted by Crippen LogP contribution is -2.16. The van der Waals surface area contributed by atoms with Crippen molar-refractivity contribution in [1.82, 2.24) is 9.97 Å². The van der Waals surface area contributed by atoms with Gasteiger partial charge in [0.15, 0.2) is 5.82 Å². The van der Waals surface area contributed by atoms with Gasteiger partial charge in [-0.25, -0.2) is 4.98 Å². The molecule has 1 aromatic heterocycles. The lowest BCUT2D eigenvalue weighted by molar-refractivity contribution is 0.0999. The fraction of sp³-hybridized carbons (Fsp3) is 0.0833. The van der Waals surface area contributed by atoms with Crippen LogP contribution < -0.4 is 21.6 Å². The summed E-state index contributed by atoms with van der Waals surface area (Å²) in [4.78, 5) is 18.9. The summed E-state index contributed by atoms with van der Waals surface area (Å²) in [5.41, 5.74) is 8.16. The molecule has 9 heteroatoms. The van der Waals surface area contributed by atoms with Crippen LogP contribution in [0, 0.1) is 0 Å². The molecule has 1 amide bonds. The summed E-state index contributed by atoms with van der Waals surface area (Å²) >= 11 is 0. The Bertz CT molecular complexity index is 644. The van der Waals surface area contributed by atoms with Gasteiger partial charge in [0.05, 0.1) is 5.69 Å². The highest BCUT2D eigenvalue weighted by Gasteiger charge is 2.11. The molecule has 0 bridgehead atoms. The molecule has 0 radical (unpaired) electrons. The van der Waals surface area contributed by atoms with Crippen molar-refractivity contribution in [2.75, 3.05) is 22.9 Å². The molecule has 0 saturated carbocycles. The number of anilines is 4. The zero-order valence-electron chi connectivity index (χ0n) is 11.1. The molecule has 21 heavy (non-hydrogen) atoms. The Kier molecular flexibility index (Phi) is 4.16. The number of aromatic nitrogens is 2. The summed E-state index contributed by atoms with van der Waals surface area (Å²) in [5, 5.41) is 22.1. The van der Waals surface area contributed by atoms with Crippen molar-refractivity contribution in [3.05, 3.63) is 36.0 Å². The minimum Gasteiger partial charge on any atom is -0.365 e. The van der Waals surface area contributed by atoms with E-state index >= 15 is 0 Å². The number of carbonyl (C=O) groups excluding carboxylic acids is 1.